The average Bonchev–Trinajstić information content (AvgIpc) is 3.34. The van der Waals surface area contributed by atoms with Crippen molar-refractivity contribution in [2.75, 3.05) is 7.05 Å². The number of aryl methyl sites for hydroxylation is 3. The number of rotatable bonds is 1. The summed E-state index contributed by atoms with van der Waals surface area (Å²) in [6.45, 7) is 15.9. The van der Waals surface area contributed by atoms with Crippen LogP contribution in [-0.4, -0.2) is 22.6 Å². The summed E-state index contributed by atoms with van der Waals surface area (Å²) in [5.74, 6) is 0.369. The van der Waals surface area contributed by atoms with Crippen molar-refractivity contribution in [3.8, 4) is 11.3 Å². The van der Waals surface area contributed by atoms with Crippen molar-refractivity contribution in [3.63, 3.8) is 0 Å². The summed E-state index contributed by atoms with van der Waals surface area (Å²) in [6, 6.07) is 23.0. The van der Waals surface area contributed by atoms with Gasteiger partial charge in [0, 0.05) is 39.6 Å². The standard InChI is InChI=1S/C38H41N3O/c1-8-35-36-27(16-19-31-32-17-14-25(5)39-38(32)42-37(31)36)15-18-30-28-11-9-10-12-29(28)33-20-13-24(4)22-40(33)34(30)21-26(6)41(35,7)23(2)3/h8-14,16-17,19-20,22-23,30,34H,6,15,18,21H2,1-5,7H3/q+2/b35-8-/t30?,34?,41-/m0/s1. The lowest BCUT2D eigenvalue weighted by Gasteiger charge is -2.43. The molecular formula is C38H41N3O+2. The molecule has 42 heavy (non-hydrogen) atoms. The molecule has 0 bridgehead atoms. The number of nitrogens with zero attached hydrogens (tertiary/aromatic N) is 3. The van der Waals surface area contributed by atoms with Crippen LogP contribution in [-0.2, 0) is 6.42 Å². The Balaban J connectivity index is 1.50. The maximum Gasteiger partial charge on any atom is 0.227 e. The van der Waals surface area contributed by atoms with E-state index < -0.39 is 0 Å². The number of pyridine rings is 2. The van der Waals surface area contributed by atoms with Gasteiger partial charge in [-0.25, -0.2) is 4.98 Å². The zero-order chi connectivity index (χ0) is 29.3. The summed E-state index contributed by atoms with van der Waals surface area (Å²) >= 11 is 0. The molecule has 0 aliphatic carbocycles. The number of hydrogen-bond acceptors (Lipinski definition) is 2. The van der Waals surface area contributed by atoms with E-state index in [9.17, 15) is 0 Å². The number of aromatic nitrogens is 2. The van der Waals surface area contributed by atoms with Gasteiger partial charge < -0.3 is 4.42 Å². The smallest absolute Gasteiger partial charge is 0.227 e. The van der Waals surface area contributed by atoms with Crippen LogP contribution in [0.1, 0.15) is 73.5 Å². The van der Waals surface area contributed by atoms with E-state index >= 15 is 0 Å². The van der Waals surface area contributed by atoms with Crippen LogP contribution in [0.25, 0.3) is 39.0 Å². The number of hydrogen-bond donors (Lipinski definition) is 0. The predicted octanol–water partition coefficient (Wildman–Crippen LogP) is 8.96. The molecule has 0 amide bonds. The Morgan fingerprint density at radius 1 is 1.02 bits per heavy atom. The van der Waals surface area contributed by atoms with Gasteiger partial charge in [0.15, 0.2) is 17.8 Å². The van der Waals surface area contributed by atoms with Gasteiger partial charge >= 0.3 is 0 Å². The molecule has 212 valence electrons. The Morgan fingerprint density at radius 3 is 2.60 bits per heavy atom. The molecule has 4 nitrogen and oxygen atoms in total. The fourth-order valence-corrected chi connectivity index (χ4v) is 7.72. The second-order valence-electron chi connectivity index (χ2n) is 12.8. The number of allylic oxidation sites excluding steroid dienone is 2. The van der Waals surface area contributed by atoms with E-state index in [0.717, 1.165) is 41.3 Å². The second kappa shape index (κ2) is 9.78. The molecule has 5 aromatic rings. The van der Waals surface area contributed by atoms with Crippen molar-refractivity contribution in [1.82, 2.24) is 4.98 Å². The number of quaternary nitrogens is 1. The number of benzene rings is 2. The highest BCUT2D eigenvalue weighted by Gasteiger charge is 2.46. The average molecular weight is 556 g/mol. The van der Waals surface area contributed by atoms with Crippen LogP contribution in [0.4, 0.5) is 0 Å². The van der Waals surface area contributed by atoms with E-state index in [1.54, 1.807) is 0 Å². The van der Waals surface area contributed by atoms with E-state index in [2.05, 4.69) is 112 Å². The summed E-state index contributed by atoms with van der Waals surface area (Å²) in [6.07, 6.45) is 7.58. The van der Waals surface area contributed by atoms with Crippen LogP contribution < -0.4 is 4.57 Å². The zero-order valence-electron chi connectivity index (χ0n) is 25.7. The Hall–Kier alpha value is -4.02. The zero-order valence-corrected chi connectivity index (χ0v) is 25.7. The highest BCUT2D eigenvalue weighted by atomic mass is 16.3. The summed E-state index contributed by atoms with van der Waals surface area (Å²) in [7, 11) is 2.35. The first-order chi connectivity index (χ1) is 20.2. The van der Waals surface area contributed by atoms with Gasteiger partial charge in [-0.3, -0.25) is 4.48 Å². The Bertz CT molecular complexity index is 1930. The maximum absolute atomic E-state index is 6.67. The van der Waals surface area contributed by atoms with Crippen LogP contribution in [0.3, 0.4) is 0 Å². The van der Waals surface area contributed by atoms with Gasteiger partial charge in [-0.15, -0.1) is 0 Å². The molecule has 0 fully saturated rings. The fraction of sp³-hybridized carbons (Fsp3) is 0.316. The molecule has 2 aromatic carbocycles. The van der Waals surface area contributed by atoms with Crippen LogP contribution in [0.5, 0.6) is 0 Å². The fourth-order valence-electron chi connectivity index (χ4n) is 7.72. The third-order valence-electron chi connectivity index (χ3n) is 10.2. The van der Waals surface area contributed by atoms with Crippen molar-refractivity contribution >= 4 is 27.8 Å². The van der Waals surface area contributed by atoms with Gasteiger partial charge in [-0.2, -0.15) is 4.57 Å². The predicted molar refractivity (Wildman–Crippen MR) is 172 cm³/mol. The van der Waals surface area contributed by atoms with Crippen molar-refractivity contribution < 1.29 is 13.5 Å². The molecule has 4 heteroatoms. The molecule has 0 saturated carbocycles. The molecule has 0 N–H and O–H groups in total. The van der Waals surface area contributed by atoms with Crippen molar-refractivity contribution in [3.05, 3.63) is 113 Å². The summed E-state index contributed by atoms with van der Waals surface area (Å²) < 4.78 is 9.88. The minimum absolute atomic E-state index is 0.285. The Morgan fingerprint density at radius 2 is 1.81 bits per heavy atom. The molecule has 2 aliphatic heterocycles. The van der Waals surface area contributed by atoms with Crippen molar-refractivity contribution in [2.45, 2.75) is 71.9 Å². The lowest BCUT2D eigenvalue weighted by molar-refractivity contribution is -0.828. The monoisotopic (exact) mass is 555 g/mol. The SMILES string of the molecule is C=C1CC2C(CCc3ccc4c(oc5nc(C)ccc54)c3/C(=C/C)[N@@+]1(C)C(C)C)c1ccccc1-c1ccc(C)c[n+]12. The maximum atomic E-state index is 6.67. The normalized spacial score (nSPS) is 23.1. The van der Waals surface area contributed by atoms with Crippen LogP contribution >= 0.6 is 0 Å². The van der Waals surface area contributed by atoms with Gasteiger partial charge in [0.1, 0.15) is 11.4 Å². The van der Waals surface area contributed by atoms with E-state index in [1.807, 2.05) is 6.92 Å². The molecule has 7 rings (SSSR count). The van der Waals surface area contributed by atoms with E-state index in [4.69, 9.17) is 16.0 Å². The van der Waals surface area contributed by atoms with Gasteiger partial charge in [0.25, 0.3) is 0 Å². The minimum Gasteiger partial charge on any atom is -0.437 e. The summed E-state index contributed by atoms with van der Waals surface area (Å²) in [4.78, 5) is 4.77. The molecule has 2 aliphatic rings. The van der Waals surface area contributed by atoms with Gasteiger partial charge in [-0.05, 0) is 95.5 Å². The van der Waals surface area contributed by atoms with Crippen molar-refractivity contribution in [1.29, 1.82) is 0 Å². The van der Waals surface area contributed by atoms with Gasteiger partial charge in [0.05, 0.1) is 25.1 Å². The van der Waals surface area contributed by atoms with Crippen molar-refractivity contribution in [2.24, 2.45) is 0 Å². The van der Waals surface area contributed by atoms with E-state index in [0.29, 0.717) is 22.2 Å². The second-order valence-corrected chi connectivity index (χ2v) is 12.8. The van der Waals surface area contributed by atoms with Crippen LogP contribution in [0.15, 0.2) is 89.6 Å². The highest BCUT2D eigenvalue weighted by molar-refractivity contribution is 6.07. The molecule has 5 heterocycles. The molecular weight excluding hydrogens is 514 g/mol. The molecule has 0 radical (unpaired) electrons. The first kappa shape index (κ1) is 26.9. The van der Waals surface area contributed by atoms with Crippen LogP contribution in [0.2, 0.25) is 0 Å². The molecule has 0 spiro atoms. The molecule has 0 saturated heterocycles. The molecule has 2 unspecified atom stereocenters. The first-order valence-corrected chi connectivity index (χ1v) is 15.4. The van der Waals surface area contributed by atoms with Gasteiger partial charge in [-0.1, -0.05) is 30.3 Å². The topological polar surface area (TPSA) is 29.9 Å². The largest absolute Gasteiger partial charge is 0.437 e. The summed E-state index contributed by atoms with van der Waals surface area (Å²) in [5.41, 5.74) is 13.1. The number of fused-ring (bicyclic) bond motifs is 11. The quantitative estimate of drug-likeness (QED) is 0.153. The number of furan rings is 1. The van der Waals surface area contributed by atoms with E-state index in [1.165, 1.54) is 44.9 Å². The van der Waals surface area contributed by atoms with E-state index in [-0.39, 0.29) is 6.04 Å². The highest BCUT2D eigenvalue weighted by Crippen LogP contribution is 2.49. The lowest BCUT2D eigenvalue weighted by Crippen LogP contribution is -2.52. The van der Waals surface area contributed by atoms with Gasteiger partial charge in [0.2, 0.25) is 11.4 Å². The third kappa shape index (κ3) is 3.85. The molecule has 3 atom stereocenters. The molecule has 3 aromatic heterocycles. The minimum atomic E-state index is 0.285. The lowest BCUT2D eigenvalue weighted by atomic mass is 9.76. The first-order valence-electron chi connectivity index (χ1n) is 15.4. The third-order valence-corrected chi connectivity index (χ3v) is 10.2. The Kier molecular flexibility index (Phi) is 6.25. The Labute approximate surface area is 249 Å². The van der Waals surface area contributed by atoms with Crippen LogP contribution in [0, 0.1) is 13.8 Å². The summed E-state index contributed by atoms with van der Waals surface area (Å²) in [5, 5.41) is 2.21.